The lowest BCUT2D eigenvalue weighted by atomic mass is 10.2. The smallest absolute Gasteiger partial charge is 0.189 e. The Morgan fingerprint density at radius 2 is 2.17 bits per heavy atom. The van der Waals surface area contributed by atoms with Crippen LogP contribution in [0.25, 0.3) is 27.3 Å². The van der Waals surface area contributed by atoms with Gasteiger partial charge < -0.3 is 9.67 Å². The van der Waals surface area contributed by atoms with E-state index in [0.717, 1.165) is 35.3 Å². The highest BCUT2D eigenvalue weighted by Crippen LogP contribution is 2.41. The molecule has 2 aromatic heterocycles. The van der Waals surface area contributed by atoms with Crippen molar-refractivity contribution in [2.75, 3.05) is 0 Å². The molecule has 0 aliphatic heterocycles. The molecule has 1 atom stereocenters. The molecule has 23 heavy (non-hydrogen) atoms. The molecule has 1 fully saturated rings. The third-order valence-corrected chi connectivity index (χ3v) is 4.07. The molecule has 1 aliphatic carbocycles. The van der Waals surface area contributed by atoms with Gasteiger partial charge in [-0.1, -0.05) is 6.07 Å². The van der Waals surface area contributed by atoms with Crippen LogP contribution in [0.4, 0.5) is 5.69 Å². The predicted molar refractivity (Wildman–Crippen MR) is 85.9 cm³/mol. The van der Waals surface area contributed by atoms with Gasteiger partial charge in [0.05, 0.1) is 35.6 Å². The Balaban J connectivity index is 1.95. The molecule has 6 nitrogen and oxygen atoms in total. The van der Waals surface area contributed by atoms with Crippen LogP contribution in [0.2, 0.25) is 0 Å². The number of benzene rings is 1. The van der Waals surface area contributed by atoms with Crippen LogP contribution in [0, 0.1) is 6.57 Å². The van der Waals surface area contributed by atoms with E-state index in [1.165, 1.54) is 0 Å². The van der Waals surface area contributed by atoms with E-state index >= 15 is 0 Å². The fourth-order valence-electron chi connectivity index (χ4n) is 2.77. The summed E-state index contributed by atoms with van der Waals surface area (Å²) in [4.78, 5) is 8.25. The molecule has 3 aromatic rings. The first-order valence-corrected chi connectivity index (χ1v) is 7.58. The Kier molecular flexibility index (Phi) is 3.10. The topological polar surface area (TPSA) is 68.2 Å². The van der Waals surface area contributed by atoms with Gasteiger partial charge >= 0.3 is 0 Å². The van der Waals surface area contributed by atoms with E-state index in [9.17, 15) is 5.11 Å². The molecule has 1 aliphatic rings. The van der Waals surface area contributed by atoms with Crippen molar-refractivity contribution >= 4 is 16.7 Å². The van der Waals surface area contributed by atoms with Crippen molar-refractivity contribution in [2.24, 2.45) is 0 Å². The number of nitrogens with zero attached hydrogens (tertiary/aromatic N) is 5. The Labute approximate surface area is 133 Å². The van der Waals surface area contributed by atoms with Crippen LogP contribution in [0.3, 0.4) is 0 Å². The molecule has 1 unspecified atom stereocenters. The van der Waals surface area contributed by atoms with Crippen molar-refractivity contribution in [3.8, 4) is 11.4 Å². The fourth-order valence-corrected chi connectivity index (χ4v) is 2.77. The standard InChI is InChI=1S/C17H15N5O/c1-10(23)15-7-11(9-19-21-15)17-20-14-6-3-12(18-2)8-16(14)22(17)13-4-5-13/h3,6-10,13,23H,4-5H2,1H3. The molecule has 1 aromatic carbocycles. The highest BCUT2D eigenvalue weighted by atomic mass is 16.3. The molecule has 1 saturated carbocycles. The van der Waals surface area contributed by atoms with Crippen LogP contribution < -0.4 is 0 Å². The lowest BCUT2D eigenvalue weighted by Gasteiger charge is -2.09. The van der Waals surface area contributed by atoms with E-state index in [-0.39, 0.29) is 0 Å². The largest absolute Gasteiger partial charge is 0.387 e. The normalized spacial score (nSPS) is 15.5. The number of fused-ring (bicyclic) bond motifs is 1. The highest BCUT2D eigenvalue weighted by molar-refractivity contribution is 5.84. The SMILES string of the molecule is [C-]#[N+]c1ccc2nc(-c3cnnc(C(C)O)c3)n(C3CC3)c2c1. The molecule has 0 bridgehead atoms. The molecule has 0 saturated heterocycles. The van der Waals surface area contributed by atoms with Crippen molar-refractivity contribution < 1.29 is 5.11 Å². The summed E-state index contributed by atoms with van der Waals surface area (Å²) in [5.74, 6) is 0.821. The first kappa shape index (κ1) is 13.9. The zero-order chi connectivity index (χ0) is 16.0. The molecule has 2 heterocycles. The summed E-state index contributed by atoms with van der Waals surface area (Å²) in [5.41, 5.74) is 3.83. The zero-order valence-electron chi connectivity index (χ0n) is 12.6. The average Bonchev–Trinajstić information content (AvgIpc) is 3.34. The summed E-state index contributed by atoms with van der Waals surface area (Å²) >= 11 is 0. The molecule has 6 heteroatoms. The third-order valence-electron chi connectivity index (χ3n) is 4.07. The van der Waals surface area contributed by atoms with Gasteiger partial charge in [0.2, 0.25) is 0 Å². The van der Waals surface area contributed by atoms with Gasteiger partial charge in [0.25, 0.3) is 0 Å². The van der Waals surface area contributed by atoms with Gasteiger partial charge in [-0.25, -0.2) is 9.83 Å². The molecule has 1 N–H and O–H groups in total. The van der Waals surface area contributed by atoms with Crippen LogP contribution in [0.15, 0.2) is 30.5 Å². The number of aliphatic hydroxyl groups excluding tert-OH is 1. The summed E-state index contributed by atoms with van der Waals surface area (Å²) in [6.07, 6.45) is 3.22. The van der Waals surface area contributed by atoms with Gasteiger partial charge in [0, 0.05) is 11.6 Å². The van der Waals surface area contributed by atoms with E-state index in [1.807, 2.05) is 18.2 Å². The predicted octanol–water partition coefficient (Wildman–Crippen LogP) is 3.43. The molecule has 114 valence electrons. The minimum atomic E-state index is -0.671. The Bertz CT molecular complexity index is 934. The third kappa shape index (κ3) is 2.35. The van der Waals surface area contributed by atoms with Crippen molar-refractivity contribution in [3.05, 3.63) is 47.6 Å². The molecule has 0 amide bonds. The molecule has 0 radical (unpaired) electrons. The zero-order valence-corrected chi connectivity index (χ0v) is 12.6. The average molecular weight is 305 g/mol. The van der Waals surface area contributed by atoms with E-state index < -0.39 is 6.10 Å². The maximum atomic E-state index is 9.73. The van der Waals surface area contributed by atoms with Gasteiger partial charge in [-0.2, -0.15) is 10.2 Å². The van der Waals surface area contributed by atoms with E-state index in [2.05, 4.69) is 19.6 Å². The van der Waals surface area contributed by atoms with Crippen LogP contribution in [0.1, 0.15) is 37.6 Å². The van der Waals surface area contributed by atoms with Gasteiger partial charge in [-0.05, 0) is 38.0 Å². The second-order valence-corrected chi connectivity index (χ2v) is 5.87. The van der Waals surface area contributed by atoms with Crippen molar-refractivity contribution in [3.63, 3.8) is 0 Å². The maximum absolute atomic E-state index is 9.73. The lowest BCUT2D eigenvalue weighted by molar-refractivity contribution is 0.193. The van der Waals surface area contributed by atoms with Crippen LogP contribution in [-0.2, 0) is 0 Å². The second kappa shape index (κ2) is 5.14. The lowest BCUT2D eigenvalue weighted by Crippen LogP contribution is -2.01. The summed E-state index contributed by atoms with van der Waals surface area (Å²) in [6, 6.07) is 7.80. The van der Waals surface area contributed by atoms with Crippen molar-refractivity contribution in [2.45, 2.75) is 31.9 Å². The Morgan fingerprint density at radius 1 is 1.35 bits per heavy atom. The molecular weight excluding hydrogens is 290 g/mol. The van der Waals surface area contributed by atoms with E-state index in [1.54, 1.807) is 19.2 Å². The van der Waals surface area contributed by atoms with E-state index in [4.69, 9.17) is 11.6 Å². The summed E-state index contributed by atoms with van der Waals surface area (Å²) in [5, 5.41) is 17.7. The van der Waals surface area contributed by atoms with Crippen molar-refractivity contribution in [1.82, 2.24) is 19.7 Å². The quantitative estimate of drug-likeness (QED) is 0.753. The van der Waals surface area contributed by atoms with Crippen LogP contribution in [-0.4, -0.2) is 24.9 Å². The van der Waals surface area contributed by atoms with E-state index in [0.29, 0.717) is 17.4 Å². The first-order valence-electron chi connectivity index (χ1n) is 7.58. The van der Waals surface area contributed by atoms with Crippen LogP contribution >= 0.6 is 0 Å². The summed E-state index contributed by atoms with van der Waals surface area (Å²) < 4.78 is 2.19. The first-order chi connectivity index (χ1) is 11.2. The highest BCUT2D eigenvalue weighted by Gasteiger charge is 2.29. The number of imidazole rings is 1. The Hall–Kier alpha value is -2.78. The molecule has 0 spiro atoms. The monoisotopic (exact) mass is 305 g/mol. The van der Waals surface area contributed by atoms with Gasteiger partial charge in [-0.3, -0.25) is 0 Å². The molecular formula is C17H15N5O. The maximum Gasteiger partial charge on any atom is 0.189 e. The minimum absolute atomic E-state index is 0.416. The van der Waals surface area contributed by atoms with Crippen LogP contribution in [0.5, 0.6) is 0 Å². The second-order valence-electron chi connectivity index (χ2n) is 5.87. The van der Waals surface area contributed by atoms with Gasteiger partial charge in [0.15, 0.2) is 5.69 Å². The number of hydrogen-bond acceptors (Lipinski definition) is 4. The summed E-state index contributed by atoms with van der Waals surface area (Å²) in [6.45, 7) is 8.87. The molecule has 4 rings (SSSR count). The number of hydrogen-bond donors (Lipinski definition) is 1. The Morgan fingerprint density at radius 3 is 2.87 bits per heavy atom. The van der Waals surface area contributed by atoms with Gasteiger partial charge in [-0.15, -0.1) is 0 Å². The number of rotatable bonds is 3. The number of aliphatic hydroxyl groups is 1. The fraction of sp³-hybridized carbons (Fsp3) is 0.294. The minimum Gasteiger partial charge on any atom is -0.387 e. The number of aromatic nitrogens is 4. The summed E-state index contributed by atoms with van der Waals surface area (Å²) in [7, 11) is 0. The van der Waals surface area contributed by atoms with Crippen molar-refractivity contribution in [1.29, 1.82) is 0 Å². The van der Waals surface area contributed by atoms with Gasteiger partial charge in [0.1, 0.15) is 5.82 Å².